The third-order valence-electron chi connectivity index (χ3n) is 4.11. The minimum absolute atomic E-state index is 0.447. The van der Waals surface area contributed by atoms with Crippen LogP contribution in [0.15, 0.2) is 43.0 Å². The molecule has 3 aromatic rings. The first-order chi connectivity index (χ1) is 11.2. The lowest BCUT2D eigenvalue weighted by Crippen LogP contribution is -2.12. The third-order valence-corrected chi connectivity index (χ3v) is 4.11. The van der Waals surface area contributed by atoms with Gasteiger partial charge in [0.05, 0.1) is 23.8 Å². The standard InChI is InChI=1S/C16H16N6O/c1-21-7-4-11-8-12(2-3-15(11)21)22-10-14(19-20-22)16(23)13-9-17-5-6-18-13/h2-3,5-6,8-10,16,23H,4,7H2,1H3. The molecule has 0 radical (unpaired) electrons. The summed E-state index contributed by atoms with van der Waals surface area (Å²) in [5.41, 5.74) is 4.40. The van der Waals surface area contributed by atoms with Gasteiger partial charge >= 0.3 is 0 Å². The van der Waals surface area contributed by atoms with Crippen LogP contribution in [0.5, 0.6) is 0 Å². The molecule has 4 rings (SSSR count). The second-order valence-corrected chi connectivity index (χ2v) is 5.61. The Bertz CT molecular complexity index is 832. The van der Waals surface area contributed by atoms with Gasteiger partial charge in [-0.15, -0.1) is 5.10 Å². The van der Waals surface area contributed by atoms with Crippen molar-refractivity contribution in [3.8, 4) is 5.69 Å². The average Bonchev–Trinajstić information content (AvgIpc) is 3.22. The van der Waals surface area contributed by atoms with Crippen LogP contribution in [0.1, 0.15) is 23.1 Å². The van der Waals surface area contributed by atoms with Crippen LogP contribution in [0.4, 0.5) is 5.69 Å². The van der Waals surface area contributed by atoms with Crippen LogP contribution in [0, 0.1) is 0 Å². The summed E-state index contributed by atoms with van der Waals surface area (Å²) in [4.78, 5) is 10.3. The lowest BCUT2D eigenvalue weighted by atomic mass is 10.1. The van der Waals surface area contributed by atoms with Crippen LogP contribution in [0.2, 0.25) is 0 Å². The van der Waals surface area contributed by atoms with Crippen molar-refractivity contribution >= 4 is 5.69 Å². The minimum Gasteiger partial charge on any atom is -0.380 e. The van der Waals surface area contributed by atoms with Gasteiger partial charge in [0, 0.05) is 31.7 Å². The molecule has 116 valence electrons. The van der Waals surface area contributed by atoms with E-state index in [4.69, 9.17) is 0 Å². The van der Waals surface area contributed by atoms with Crippen molar-refractivity contribution in [2.75, 3.05) is 18.5 Å². The number of benzene rings is 1. The fraction of sp³-hybridized carbons (Fsp3) is 0.250. The first-order valence-corrected chi connectivity index (χ1v) is 7.43. The Morgan fingerprint density at radius 2 is 2.13 bits per heavy atom. The van der Waals surface area contributed by atoms with Gasteiger partial charge in [-0.1, -0.05) is 5.21 Å². The summed E-state index contributed by atoms with van der Waals surface area (Å²) in [5.74, 6) is 0. The highest BCUT2D eigenvalue weighted by Crippen LogP contribution is 2.28. The second-order valence-electron chi connectivity index (χ2n) is 5.61. The second kappa shape index (κ2) is 5.44. The first-order valence-electron chi connectivity index (χ1n) is 7.43. The monoisotopic (exact) mass is 308 g/mol. The largest absolute Gasteiger partial charge is 0.380 e. The van der Waals surface area contributed by atoms with Crippen molar-refractivity contribution in [2.24, 2.45) is 0 Å². The molecule has 2 aromatic heterocycles. The number of aliphatic hydroxyl groups excluding tert-OH is 1. The van der Waals surface area contributed by atoms with Crippen molar-refractivity contribution in [1.29, 1.82) is 0 Å². The summed E-state index contributed by atoms with van der Waals surface area (Å²) >= 11 is 0. The molecular weight excluding hydrogens is 292 g/mol. The van der Waals surface area contributed by atoms with E-state index in [9.17, 15) is 5.11 Å². The van der Waals surface area contributed by atoms with Crippen LogP contribution in [-0.2, 0) is 6.42 Å². The highest BCUT2D eigenvalue weighted by atomic mass is 16.3. The molecule has 7 heteroatoms. The Kier molecular flexibility index (Phi) is 3.27. The Labute approximate surface area is 133 Å². The molecule has 0 saturated carbocycles. The van der Waals surface area contributed by atoms with Crippen molar-refractivity contribution in [2.45, 2.75) is 12.5 Å². The zero-order chi connectivity index (χ0) is 15.8. The topological polar surface area (TPSA) is 80.0 Å². The highest BCUT2D eigenvalue weighted by Gasteiger charge is 2.19. The molecule has 0 aliphatic carbocycles. The normalized spacial score (nSPS) is 14.8. The number of hydrogen-bond acceptors (Lipinski definition) is 6. The number of hydrogen-bond donors (Lipinski definition) is 1. The van der Waals surface area contributed by atoms with Gasteiger partial charge in [0.15, 0.2) is 0 Å². The fourth-order valence-corrected chi connectivity index (χ4v) is 2.83. The molecular formula is C16H16N6O. The maximum Gasteiger partial charge on any atom is 0.143 e. The molecule has 1 unspecified atom stereocenters. The number of rotatable bonds is 3. The smallest absolute Gasteiger partial charge is 0.143 e. The van der Waals surface area contributed by atoms with Crippen molar-refractivity contribution in [3.05, 3.63) is 59.9 Å². The Morgan fingerprint density at radius 1 is 1.22 bits per heavy atom. The third kappa shape index (κ3) is 2.44. The molecule has 0 fully saturated rings. The lowest BCUT2D eigenvalue weighted by molar-refractivity contribution is 0.209. The molecule has 1 atom stereocenters. The summed E-state index contributed by atoms with van der Waals surface area (Å²) in [6.45, 7) is 1.03. The fourth-order valence-electron chi connectivity index (χ4n) is 2.83. The van der Waals surface area contributed by atoms with Gasteiger partial charge in [-0.05, 0) is 30.2 Å². The van der Waals surface area contributed by atoms with Crippen molar-refractivity contribution < 1.29 is 5.11 Å². The van der Waals surface area contributed by atoms with E-state index < -0.39 is 6.10 Å². The van der Waals surface area contributed by atoms with Gasteiger partial charge in [0.25, 0.3) is 0 Å². The van der Waals surface area contributed by atoms with E-state index in [1.165, 1.54) is 17.4 Å². The molecule has 0 amide bonds. The van der Waals surface area contributed by atoms with E-state index >= 15 is 0 Å². The van der Waals surface area contributed by atoms with Crippen LogP contribution < -0.4 is 4.90 Å². The Balaban J connectivity index is 1.64. The number of anilines is 1. The number of nitrogens with zero attached hydrogens (tertiary/aromatic N) is 6. The molecule has 1 aliphatic heterocycles. The Hall–Kier alpha value is -2.80. The van der Waals surface area contributed by atoms with Gasteiger partial charge in [-0.25, -0.2) is 4.68 Å². The lowest BCUT2D eigenvalue weighted by Gasteiger charge is -2.12. The zero-order valence-electron chi connectivity index (χ0n) is 12.7. The van der Waals surface area contributed by atoms with E-state index in [0.29, 0.717) is 11.4 Å². The molecule has 1 N–H and O–H groups in total. The van der Waals surface area contributed by atoms with Crippen LogP contribution >= 0.6 is 0 Å². The van der Waals surface area contributed by atoms with Crippen LogP contribution in [0.3, 0.4) is 0 Å². The number of likely N-dealkylation sites (N-methyl/N-ethyl adjacent to an activating group) is 1. The Morgan fingerprint density at radius 3 is 2.96 bits per heavy atom. The molecule has 7 nitrogen and oxygen atoms in total. The minimum atomic E-state index is -0.932. The van der Waals surface area contributed by atoms with E-state index in [1.807, 2.05) is 6.07 Å². The molecule has 1 aliphatic rings. The van der Waals surface area contributed by atoms with E-state index in [1.54, 1.807) is 23.3 Å². The van der Waals surface area contributed by atoms with Crippen LogP contribution in [0.25, 0.3) is 5.69 Å². The molecule has 3 heterocycles. The van der Waals surface area contributed by atoms with Gasteiger partial charge < -0.3 is 10.0 Å². The summed E-state index contributed by atoms with van der Waals surface area (Å²) in [5, 5.41) is 18.5. The van der Waals surface area contributed by atoms with Crippen molar-refractivity contribution in [1.82, 2.24) is 25.0 Å². The predicted molar refractivity (Wildman–Crippen MR) is 84.4 cm³/mol. The summed E-state index contributed by atoms with van der Waals surface area (Å²) in [6, 6.07) is 6.22. The van der Waals surface area contributed by atoms with Gasteiger partial charge in [0.1, 0.15) is 11.8 Å². The molecule has 0 spiro atoms. The first kappa shape index (κ1) is 13.8. The quantitative estimate of drug-likeness (QED) is 0.781. The van der Waals surface area contributed by atoms with Gasteiger partial charge in [0.2, 0.25) is 0 Å². The SMILES string of the molecule is CN1CCc2cc(-n3cc(C(O)c4cnccn4)nn3)ccc21. The summed E-state index contributed by atoms with van der Waals surface area (Å²) < 4.78 is 1.67. The summed E-state index contributed by atoms with van der Waals surface area (Å²) in [7, 11) is 2.09. The molecule has 23 heavy (non-hydrogen) atoms. The molecule has 0 saturated heterocycles. The van der Waals surface area contributed by atoms with Crippen LogP contribution in [-0.4, -0.2) is 43.7 Å². The number of aliphatic hydroxyl groups is 1. The van der Waals surface area contributed by atoms with Gasteiger partial charge in [-0.3, -0.25) is 9.97 Å². The summed E-state index contributed by atoms with van der Waals surface area (Å²) in [6.07, 6.45) is 6.45. The van der Waals surface area contributed by atoms with E-state index in [-0.39, 0.29) is 0 Å². The number of fused-ring (bicyclic) bond motifs is 1. The maximum absolute atomic E-state index is 10.3. The average molecular weight is 308 g/mol. The maximum atomic E-state index is 10.3. The van der Waals surface area contributed by atoms with Gasteiger partial charge in [-0.2, -0.15) is 0 Å². The predicted octanol–water partition coefficient (Wildman–Crippen LogP) is 1.13. The van der Waals surface area contributed by atoms with E-state index in [0.717, 1.165) is 18.7 Å². The molecule has 0 bridgehead atoms. The highest BCUT2D eigenvalue weighted by molar-refractivity contribution is 5.60. The zero-order valence-corrected chi connectivity index (χ0v) is 12.7. The number of aromatic nitrogens is 5. The van der Waals surface area contributed by atoms with E-state index in [2.05, 4.69) is 44.4 Å². The molecule has 1 aromatic carbocycles. The van der Waals surface area contributed by atoms with Crippen molar-refractivity contribution in [3.63, 3.8) is 0 Å².